The molecule has 0 N–H and O–H groups in total. The average Bonchev–Trinajstić information content (AvgIpc) is 2.98. The molecular weight excluding hydrogens is 677 g/mol. The lowest BCUT2D eigenvalue weighted by Gasteiger charge is -2.12. The first-order valence-electron chi connectivity index (χ1n) is 12.8. The van der Waals surface area contributed by atoms with Crippen molar-refractivity contribution in [2.75, 3.05) is 18.8 Å². The zero-order valence-corrected chi connectivity index (χ0v) is 29.6. The van der Waals surface area contributed by atoms with Gasteiger partial charge in [0, 0.05) is 43.1 Å². The van der Waals surface area contributed by atoms with Gasteiger partial charge in [-0.25, -0.2) is 22.6 Å². The molecule has 0 bridgehead atoms. The molecule has 240 valence electrons. The number of nitriles is 3. The van der Waals surface area contributed by atoms with Gasteiger partial charge < -0.3 is 0 Å². The molecule has 0 aliphatic heterocycles. The van der Waals surface area contributed by atoms with E-state index in [4.69, 9.17) is 39.0 Å². The second-order valence-electron chi connectivity index (χ2n) is 9.65. The van der Waals surface area contributed by atoms with Gasteiger partial charge in [-0.05, 0) is 62.6 Å². The molecule has 3 rings (SSSR count). The first kappa shape index (κ1) is 39.4. The first-order valence-corrected chi connectivity index (χ1v) is 19.6. The van der Waals surface area contributed by atoms with E-state index in [0.717, 1.165) is 22.4 Å². The quantitative estimate of drug-likeness (QED) is 0.195. The molecule has 45 heavy (non-hydrogen) atoms. The summed E-state index contributed by atoms with van der Waals surface area (Å²) in [5.74, 6) is 0. The molecule has 17 heteroatoms. The summed E-state index contributed by atoms with van der Waals surface area (Å²) in [6.07, 6.45) is 13.9. The Morgan fingerprint density at radius 1 is 0.600 bits per heavy atom. The average molecular weight is 711 g/mol. The van der Waals surface area contributed by atoms with Gasteiger partial charge in [0.2, 0.25) is 18.6 Å². The van der Waals surface area contributed by atoms with Gasteiger partial charge in [0.15, 0.2) is 0 Å². The largest absolute Gasteiger partial charge is 0.261 e. The van der Waals surface area contributed by atoms with E-state index in [1.54, 1.807) is 82.2 Å². The van der Waals surface area contributed by atoms with Crippen molar-refractivity contribution < 1.29 is 12.6 Å². The van der Waals surface area contributed by atoms with Crippen LogP contribution in [0.3, 0.4) is 0 Å². The van der Waals surface area contributed by atoms with Crippen molar-refractivity contribution >= 4 is 52.4 Å². The second-order valence-corrected chi connectivity index (χ2v) is 18.3. The summed E-state index contributed by atoms with van der Waals surface area (Å²) in [6, 6.07) is 10.4. The van der Waals surface area contributed by atoms with Crippen LogP contribution in [0.1, 0.15) is 58.9 Å². The Balaban J connectivity index is 0.000000337. The Kier molecular flexibility index (Phi) is 15.5. The molecule has 3 aromatic rings. The standard InChI is InChI=1S/C10H13N3OS.2C9H10ClN3OS/c1-8-4-5-10(6-12-8)9(2)15(3,14)13-7-11;2*1-7(15(2,14)13-6-11)8-3-4-9(10)12-5-8/h4-6,9H,1-3H3;2*3-5,7H,1-2H3/t;2*7-,15?/m.10/s1. The lowest BCUT2D eigenvalue weighted by molar-refractivity contribution is 0.672. The Morgan fingerprint density at radius 3 is 1.11 bits per heavy atom. The van der Waals surface area contributed by atoms with E-state index in [1.807, 2.05) is 19.1 Å². The summed E-state index contributed by atoms with van der Waals surface area (Å²) in [4.78, 5) is 11.9. The van der Waals surface area contributed by atoms with Crippen LogP contribution >= 0.6 is 23.2 Å². The van der Waals surface area contributed by atoms with Crippen molar-refractivity contribution in [2.45, 2.75) is 43.4 Å². The number of hydrogen-bond donors (Lipinski definition) is 0. The Hall–Kier alpha value is -3.65. The molecule has 0 radical (unpaired) electrons. The SMILES string of the molecule is C[C@@H](c1ccc(Cl)nc1)S(C)(=O)=NC#N.C[C@H](c1ccc(Cl)nc1)S(C)(=O)=NC#N.Cc1ccc(C(C)S(C)(=O)=NC#N)cn1. The number of rotatable bonds is 6. The molecule has 0 aromatic carbocycles. The van der Waals surface area contributed by atoms with Gasteiger partial charge >= 0.3 is 0 Å². The topological polar surface area (TPSA) is 198 Å². The molecule has 3 aromatic heterocycles. The van der Waals surface area contributed by atoms with Crippen LogP contribution in [-0.2, 0) is 29.2 Å². The molecule has 0 spiro atoms. The van der Waals surface area contributed by atoms with Gasteiger partial charge in [0.05, 0.1) is 44.9 Å². The monoisotopic (exact) mass is 709 g/mol. The van der Waals surface area contributed by atoms with E-state index in [0.29, 0.717) is 10.3 Å². The number of aromatic nitrogens is 3. The van der Waals surface area contributed by atoms with E-state index in [-0.39, 0.29) is 15.7 Å². The summed E-state index contributed by atoms with van der Waals surface area (Å²) in [5, 5.41) is 25.0. The van der Waals surface area contributed by atoms with Crippen molar-refractivity contribution in [3.63, 3.8) is 0 Å². The molecule has 0 saturated heterocycles. The Bertz CT molecular complexity index is 1710. The number of nitrogens with zero attached hydrogens (tertiary/aromatic N) is 9. The molecule has 0 saturated carbocycles. The third-order valence-corrected chi connectivity index (χ3v) is 13.0. The van der Waals surface area contributed by atoms with Crippen LogP contribution in [0.5, 0.6) is 0 Å². The van der Waals surface area contributed by atoms with Crippen LogP contribution in [0.4, 0.5) is 0 Å². The highest BCUT2D eigenvalue weighted by atomic mass is 35.5. The van der Waals surface area contributed by atoms with Crippen molar-refractivity contribution in [3.05, 3.63) is 87.7 Å². The second kappa shape index (κ2) is 17.7. The molecule has 6 atom stereocenters. The van der Waals surface area contributed by atoms with E-state index in [1.165, 1.54) is 18.8 Å². The minimum Gasteiger partial charge on any atom is -0.261 e. The summed E-state index contributed by atoms with van der Waals surface area (Å²) in [6.45, 7) is 7.16. The lowest BCUT2D eigenvalue weighted by atomic mass is 10.2. The summed E-state index contributed by atoms with van der Waals surface area (Å²) in [7, 11) is -7.59. The van der Waals surface area contributed by atoms with E-state index >= 15 is 0 Å². The fourth-order valence-electron chi connectivity index (χ4n) is 3.21. The van der Waals surface area contributed by atoms with Crippen molar-refractivity contribution in [1.82, 2.24) is 15.0 Å². The molecule has 12 nitrogen and oxygen atoms in total. The minimum atomic E-state index is -2.55. The molecular formula is C28H33Cl2N9O3S3. The predicted octanol–water partition coefficient (Wildman–Crippen LogP) is 6.78. The third-order valence-electron chi connectivity index (χ3n) is 6.48. The molecule has 4 unspecified atom stereocenters. The lowest BCUT2D eigenvalue weighted by Crippen LogP contribution is -2.07. The maximum atomic E-state index is 12.0. The summed E-state index contributed by atoms with van der Waals surface area (Å²) >= 11 is 11.3. The van der Waals surface area contributed by atoms with Crippen molar-refractivity contribution in [1.29, 1.82) is 15.8 Å². The maximum absolute atomic E-state index is 12.0. The van der Waals surface area contributed by atoms with Crippen LogP contribution in [0.15, 0.2) is 68.1 Å². The zero-order valence-electron chi connectivity index (χ0n) is 25.7. The number of halogens is 2. The summed E-state index contributed by atoms with van der Waals surface area (Å²) < 4.78 is 46.1. The molecule has 3 heterocycles. The number of pyridine rings is 3. The Morgan fingerprint density at radius 2 is 0.889 bits per heavy atom. The zero-order chi connectivity index (χ0) is 34.4. The highest BCUT2D eigenvalue weighted by molar-refractivity contribution is 7.93. The van der Waals surface area contributed by atoms with Gasteiger partial charge in [-0.1, -0.05) is 41.4 Å². The van der Waals surface area contributed by atoms with Crippen molar-refractivity contribution in [3.8, 4) is 18.6 Å². The highest BCUT2D eigenvalue weighted by Gasteiger charge is 2.18. The van der Waals surface area contributed by atoms with Crippen LogP contribution in [0, 0.1) is 41.3 Å². The van der Waals surface area contributed by atoms with Crippen LogP contribution in [0.25, 0.3) is 0 Å². The van der Waals surface area contributed by atoms with Gasteiger partial charge in [0.1, 0.15) is 10.3 Å². The first-order chi connectivity index (χ1) is 20.9. The van der Waals surface area contributed by atoms with Gasteiger partial charge in [-0.2, -0.15) is 15.8 Å². The van der Waals surface area contributed by atoms with Crippen LogP contribution in [-0.4, -0.2) is 46.3 Å². The van der Waals surface area contributed by atoms with E-state index in [9.17, 15) is 12.6 Å². The fourth-order valence-corrected chi connectivity index (χ4v) is 6.33. The smallest absolute Gasteiger partial charge is 0.214 e. The molecule has 0 amide bonds. The summed E-state index contributed by atoms with van der Waals surface area (Å²) in [5.41, 5.74) is 3.26. The molecule has 0 aliphatic carbocycles. The van der Waals surface area contributed by atoms with Crippen LogP contribution in [0.2, 0.25) is 10.3 Å². The van der Waals surface area contributed by atoms with Gasteiger partial charge in [0.25, 0.3) is 0 Å². The number of aryl methyl sites for hydroxylation is 1. The number of hydrogen-bond acceptors (Lipinski definition) is 12. The van der Waals surface area contributed by atoms with Gasteiger partial charge in [-0.15, -0.1) is 13.1 Å². The predicted molar refractivity (Wildman–Crippen MR) is 179 cm³/mol. The van der Waals surface area contributed by atoms with Gasteiger partial charge in [-0.3, -0.25) is 4.98 Å². The normalized spacial score (nSPS) is 16.1. The highest BCUT2D eigenvalue weighted by Crippen LogP contribution is 2.24. The maximum Gasteiger partial charge on any atom is 0.214 e. The Labute approximate surface area is 276 Å². The minimum absolute atomic E-state index is 0.287. The molecule has 0 fully saturated rings. The third kappa shape index (κ3) is 12.7. The van der Waals surface area contributed by atoms with Crippen molar-refractivity contribution in [2.24, 2.45) is 13.1 Å². The van der Waals surface area contributed by atoms with E-state index < -0.39 is 29.2 Å². The fraction of sp³-hybridized carbons (Fsp3) is 0.357. The van der Waals surface area contributed by atoms with E-state index in [2.05, 4.69) is 28.0 Å². The molecule has 0 aliphatic rings. The van der Waals surface area contributed by atoms with Crippen LogP contribution < -0.4 is 0 Å².